The highest BCUT2D eigenvalue weighted by Crippen LogP contribution is 2.41. The van der Waals surface area contributed by atoms with Crippen LogP contribution < -0.4 is 16.6 Å². The van der Waals surface area contributed by atoms with E-state index in [9.17, 15) is 0 Å². The molecule has 0 aromatic rings. The number of nitrogens with zero attached hydrogens (tertiary/aromatic N) is 1. The van der Waals surface area contributed by atoms with Crippen molar-refractivity contribution in [2.24, 2.45) is 10.8 Å². The van der Waals surface area contributed by atoms with Crippen molar-refractivity contribution < 1.29 is 0 Å². The molecule has 1 aliphatic carbocycles. The normalized spacial score (nSPS) is 30.8. The Bertz CT molecular complexity index is 247. The van der Waals surface area contributed by atoms with Gasteiger partial charge in [0.2, 0.25) is 5.96 Å². The summed E-state index contributed by atoms with van der Waals surface area (Å²) in [5.41, 5.74) is 2.64. The smallest absolute Gasteiger partial charge is 0.206 e. The molecule has 5 heteroatoms. The predicted molar refractivity (Wildman–Crippen MR) is 61.2 cm³/mol. The number of guanidine groups is 1. The third-order valence-electron chi connectivity index (χ3n) is 2.76. The van der Waals surface area contributed by atoms with E-state index in [4.69, 9.17) is 5.84 Å². The van der Waals surface area contributed by atoms with Crippen molar-refractivity contribution in [1.29, 1.82) is 0 Å². The van der Waals surface area contributed by atoms with Gasteiger partial charge < -0.3 is 5.32 Å². The van der Waals surface area contributed by atoms with Crippen molar-refractivity contribution in [3.8, 4) is 0 Å². The first kappa shape index (κ1) is 10.1. The maximum absolute atomic E-state index is 5.41. The molecule has 0 aromatic carbocycles. The van der Waals surface area contributed by atoms with Crippen LogP contribution in [0.3, 0.4) is 0 Å². The summed E-state index contributed by atoms with van der Waals surface area (Å²) in [5, 5.41) is 3.28. The summed E-state index contributed by atoms with van der Waals surface area (Å²) in [4.78, 5) is 4.58. The van der Waals surface area contributed by atoms with E-state index in [1.54, 1.807) is 0 Å². The van der Waals surface area contributed by atoms with Crippen LogP contribution in [0.25, 0.3) is 0 Å². The second kappa shape index (κ2) is 3.62. The zero-order chi connectivity index (χ0) is 10.2. The highest BCUT2D eigenvalue weighted by molar-refractivity contribution is 8.02. The minimum absolute atomic E-state index is 0.271. The van der Waals surface area contributed by atoms with Gasteiger partial charge >= 0.3 is 0 Å². The maximum atomic E-state index is 5.41. The molecule has 0 amide bonds. The van der Waals surface area contributed by atoms with Gasteiger partial charge in [0.15, 0.2) is 0 Å². The van der Waals surface area contributed by atoms with Crippen LogP contribution in [-0.2, 0) is 0 Å². The first-order chi connectivity index (χ1) is 6.62. The molecule has 0 spiro atoms. The number of hydrogen-bond donors (Lipinski definition) is 3. The number of nitrogens with one attached hydrogen (secondary N) is 2. The van der Waals surface area contributed by atoms with Crippen LogP contribution in [0.4, 0.5) is 0 Å². The van der Waals surface area contributed by atoms with E-state index in [0.29, 0.717) is 12.1 Å². The van der Waals surface area contributed by atoms with Gasteiger partial charge in [0.05, 0.1) is 6.04 Å². The lowest BCUT2D eigenvalue weighted by atomic mass is 10.0. The van der Waals surface area contributed by atoms with Gasteiger partial charge in [-0.3, -0.25) is 5.43 Å². The van der Waals surface area contributed by atoms with E-state index in [-0.39, 0.29) is 4.75 Å². The van der Waals surface area contributed by atoms with Crippen LogP contribution in [0.15, 0.2) is 4.99 Å². The van der Waals surface area contributed by atoms with Gasteiger partial charge in [0.1, 0.15) is 0 Å². The van der Waals surface area contributed by atoms with E-state index in [2.05, 4.69) is 29.6 Å². The predicted octanol–water partition coefficient (Wildman–Crippen LogP) is 0.452. The van der Waals surface area contributed by atoms with Crippen molar-refractivity contribution in [2.75, 3.05) is 5.75 Å². The Balaban J connectivity index is 1.92. The molecule has 2 aliphatic rings. The summed E-state index contributed by atoms with van der Waals surface area (Å²) in [5.74, 6) is 7.27. The van der Waals surface area contributed by atoms with Gasteiger partial charge in [0.25, 0.3) is 0 Å². The number of thioether (sulfide) groups is 1. The largest absolute Gasteiger partial charge is 0.353 e. The van der Waals surface area contributed by atoms with Crippen molar-refractivity contribution in [2.45, 2.75) is 43.5 Å². The third-order valence-corrected chi connectivity index (χ3v) is 4.25. The van der Waals surface area contributed by atoms with Gasteiger partial charge in [-0.05, 0) is 26.7 Å². The number of rotatable bonds is 2. The number of hydrogen-bond acceptors (Lipinski definition) is 3. The van der Waals surface area contributed by atoms with Crippen LogP contribution >= 0.6 is 11.8 Å². The van der Waals surface area contributed by atoms with Crippen molar-refractivity contribution in [1.82, 2.24) is 10.7 Å². The molecule has 2 rings (SSSR count). The van der Waals surface area contributed by atoms with Crippen LogP contribution in [0.1, 0.15) is 26.7 Å². The van der Waals surface area contributed by atoms with E-state index in [1.807, 2.05) is 11.8 Å². The average molecular weight is 214 g/mol. The molecule has 4 N–H and O–H groups in total. The van der Waals surface area contributed by atoms with Crippen LogP contribution in [0.5, 0.6) is 0 Å². The molecular formula is C9H18N4S. The summed E-state index contributed by atoms with van der Waals surface area (Å²) < 4.78 is 0.271. The molecule has 1 aliphatic heterocycles. The van der Waals surface area contributed by atoms with E-state index in [1.165, 1.54) is 12.8 Å². The van der Waals surface area contributed by atoms with Gasteiger partial charge in [0, 0.05) is 16.5 Å². The summed E-state index contributed by atoms with van der Waals surface area (Å²) >= 11 is 1.95. The molecule has 1 saturated heterocycles. The molecule has 2 fully saturated rings. The fourth-order valence-electron chi connectivity index (χ4n) is 1.38. The van der Waals surface area contributed by atoms with Crippen LogP contribution in [0, 0.1) is 0 Å². The van der Waals surface area contributed by atoms with E-state index >= 15 is 0 Å². The maximum Gasteiger partial charge on any atom is 0.206 e. The molecular weight excluding hydrogens is 196 g/mol. The van der Waals surface area contributed by atoms with Gasteiger partial charge in [-0.15, -0.1) is 0 Å². The van der Waals surface area contributed by atoms with Gasteiger partial charge in [-0.1, -0.05) is 0 Å². The minimum Gasteiger partial charge on any atom is -0.353 e. The second-order valence-corrected chi connectivity index (χ2v) is 6.15. The Morgan fingerprint density at radius 3 is 2.57 bits per heavy atom. The van der Waals surface area contributed by atoms with Crippen LogP contribution in [-0.4, -0.2) is 28.5 Å². The van der Waals surface area contributed by atoms with Crippen molar-refractivity contribution in [3.05, 3.63) is 0 Å². The summed E-state index contributed by atoms with van der Waals surface area (Å²) in [7, 11) is 0. The van der Waals surface area contributed by atoms with Gasteiger partial charge in [-0.25, -0.2) is 10.8 Å². The summed E-state index contributed by atoms with van der Waals surface area (Å²) in [6, 6.07) is 0.991. The Labute approximate surface area is 89.1 Å². The first-order valence-corrected chi connectivity index (χ1v) is 6.05. The fourth-order valence-corrected chi connectivity index (χ4v) is 2.49. The molecule has 1 saturated carbocycles. The van der Waals surface area contributed by atoms with Crippen molar-refractivity contribution in [3.63, 3.8) is 0 Å². The average Bonchev–Trinajstić information content (AvgIpc) is 2.94. The standard InChI is InChI=1S/C9H18N4S/c1-9(2)7(5-14-9)12-8(13-10)11-6-3-4-6/h6-7H,3-5,10H2,1-2H3,(H2,11,12,13). The molecule has 14 heavy (non-hydrogen) atoms. The molecule has 1 atom stereocenters. The molecule has 0 bridgehead atoms. The summed E-state index contributed by atoms with van der Waals surface area (Å²) in [6.45, 7) is 4.45. The topological polar surface area (TPSA) is 62.4 Å². The van der Waals surface area contributed by atoms with Gasteiger partial charge in [-0.2, -0.15) is 11.8 Å². The quantitative estimate of drug-likeness (QED) is 0.270. The van der Waals surface area contributed by atoms with Crippen molar-refractivity contribution >= 4 is 17.7 Å². The highest BCUT2D eigenvalue weighted by atomic mass is 32.2. The third kappa shape index (κ3) is 2.15. The molecule has 0 aromatic heterocycles. The SMILES string of the molecule is CC1(C)SCC1N=C(NN)NC1CC1. The monoisotopic (exact) mass is 214 g/mol. The van der Waals surface area contributed by atoms with E-state index in [0.717, 1.165) is 11.7 Å². The van der Waals surface area contributed by atoms with Crippen LogP contribution in [0.2, 0.25) is 0 Å². The number of hydrazine groups is 1. The van der Waals surface area contributed by atoms with E-state index < -0.39 is 0 Å². The highest BCUT2D eigenvalue weighted by Gasteiger charge is 2.39. The Morgan fingerprint density at radius 1 is 1.50 bits per heavy atom. The number of aliphatic imine (C=N–C) groups is 1. The molecule has 1 heterocycles. The second-order valence-electron chi connectivity index (χ2n) is 4.47. The minimum atomic E-state index is 0.271. The molecule has 0 radical (unpaired) electrons. The first-order valence-electron chi connectivity index (χ1n) is 5.07. The zero-order valence-corrected chi connectivity index (χ0v) is 9.53. The molecule has 80 valence electrons. The Morgan fingerprint density at radius 2 is 2.21 bits per heavy atom. The lowest BCUT2D eigenvalue weighted by Crippen LogP contribution is -2.49. The number of nitrogens with two attached hydrogens (primary N) is 1. The summed E-state index contributed by atoms with van der Waals surface area (Å²) in [6.07, 6.45) is 2.48. The lowest BCUT2D eigenvalue weighted by Gasteiger charge is -2.41. The fraction of sp³-hybridized carbons (Fsp3) is 0.889. The Hall–Kier alpha value is -0.420. The molecule has 4 nitrogen and oxygen atoms in total. The zero-order valence-electron chi connectivity index (χ0n) is 8.71. The Kier molecular flexibility index (Phi) is 2.62. The molecule has 1 unspecified atom stereocenters. The lowest BCUT2D eigenvalue weighted by molar-refractivity contribution is 0.540.